The summed E-state index contributed by atoms with van der Waals surface area (Å²) < 4.78 is 13.2. The van der Waals surface area contributed by atoms with E-state index in [1.54, 1.807) is 12.1 Å². The SMILES string of the molecule is Cc1ccc(Cn2c(=O)n(C[C@H](C)C3OC3O)c(=O)[nH]/c2=N\c2ccc(OC(C)C)nc2)cc1. The van der Waals surface area contributed by atoms with Gasteiger partial charge < -0.3 is 14.6 Å². The van der Waals surface area contributed by atoms with Crippen molar-refractivity contribution in [2.24, 2.45) is 10.9 Å². The summed E-state index contributed by atoms with van der Waals surface area (Å²) in [5, 5.41) is 9.53. The lowest BCUT2D eigenvalue weighted by Crippen LogP contribution is -2.51. The molecule has 1 fully saturated rings. The predicted molar refractivity (Wildman–Crippen MR) is 125 cm³/mol. The Kier molecular flexibility index (Phi) is 6.80. The molecular weight excluding hydrogens is 438 g/mol. The molecule has 3 heterocycles. The third-order valence-electron chi connectivity index (χ3n) is 5.49. The maximum atomic E-state index is 13.4. The van der Waals surface area contributed by atoms with E-state index in [1.165, 1.54) is 10.8 Å². The van der Waals surface area contributed by atoms with E-state index in [9.17, 15) is 14.7 Å². The molecule has 0 aliphatic carbocycles. The normalized spacial score (nSPS) is 18.8. The number of epoxide rings is 1. The maximum Gasteiger partial charge on any atom is 0.335 e. The van der Waals surface area contributed by atoms with Crippen LogP contribution in [0.5, 0.6) is 5.88 Å². The fourth-order valence-corrected chi connectivity index (χ4v) is 3.62. The average Bonchev–Trinajstić information content (AvgIpc) is 3.53. The van der Waals surface area contributed by atoms with Crippen LogP contribution >= 0.6 is 0 Å². The first kappa shape index (κ1) is 23.7. The van der Waals surface area contributed by atoms with E-state index in [2.05, 4.69) is 15.0 Å². The molecule has 0 radical (unpaired) electrons. The summed E-state index contributed by atoms with van der Waals surface area (Å²) in [6.07, 6.45) is 0.263. The number of nitrogens with one attached hydrogen (secondary N) is 1. The summed E-state index contributed by atoms with van der Waals surface area (Å²) in [6.45, 7) is 7.94. The fourth-order valence-electron chi connectivity index (χ4n) is 3.62. The molecule has 3 aromatic rings. The van der Waals surface area contributed by atoms with Crippen LogP contribution < -0.4 is 21.7 Å². The van der Waals surface area contributed by atoms with Crippen LogP contribution in [0.2, 0.25) is 0 Å². The van der Waals surface area contributed by atoms with Crippen molar-refractivity contribution >= 4 is 5.69 Å². The van der Waals surface area contributed by atoms with Gasteiger partial charge in [-0.15, -0.1) is 0 Å². The maximum absolute atomic E-state index is 13.4. The van der Waals surface area contributed by atoms with E-state index < -0.39 is 17.7 Å². The number of aromatic amines is 1. The highest BCUT2D eigenvalue weighted by Crippen LogP contribution is 2.27. The van der Waals surface area contributed by atoms with Crippen molar-refractivity contribution in [3.8, 4) is 5.88 Å². The smallest absolute Gasteiger partial charge is 0.335 e. The number of aromatic nitrogens is 4. The summed E-state index contributed by atoms with van der Waals surface area (Å²) in [6, 6.07) is 11.2. The third kappa shape index (κ3) is 5.52. The lowest BCUT2D eigenvalue weighted by atomic mass is 10.1. The van der Waals surface area contributed by atoms with Crippen molar-refractivity contribution in [1.82, 2.24) is 19.1 Å². The molecule has 2 N–H and O–H groups in total. The average molecular weight is 468 g/mol. The van der Waals surface area contributed by atoms with E-state index in [-0.39, 0.29) is 36.8 Å². The van der Waals surface area contributed by atoms with Gasteiger partial charge in [0.05, 0.1) is 24.5 Å². The fraction of sp³-hybridized carbons (Fsp3) is 0.417. The number of aryl methyl sites for hydroxylation is 1. The lowest BCUT2D eigenvalue weighted by molar-refractivity contribution is 0.155. The van der Waals surface area contributed by atoms with Crippen LogP contribution in [0.4, 0.5) is 5.69 Å². The summed E-state index contributed by atoms with van der Waals surface area (Å²) in [5.74, 6) is 0.242. The third-order valence-corrected chi connectivity index (χ3v) is 5.49. The zero-order chi connectivity index (χ0) is 24.4. The van der Waals surface area contributed by atoms with Crippen molar-refractivity contribution in [3.63, 3.8) is 0 Å². The van der Waals surface area contributed by atoms with Crippen LogP contribution in [-0.4, -0.2) is 42.7 Å². The Hall–Kier alpha value is -3.50. The van der Waals surface area contributed by atoms with Gasteiger partial charge in [0.25, 0.3) is 0 Å². The van der Waals surface area contributed by atoms with Gasteiger partial charge in [-0.1, -0.05) is 36.8 Å². The van der Waals surface area contributed by atoms with Crippen molar-refractivity contribution in [2.45, 2.75) is 59.3 Å². The predicted octanol–water partition coefficient (Wildman–Crippen LogP) is 1.46. The van der Waals surface area contributed by atoms with Crippen LogP contribution in [-0.2, 0) is 17.8 Å². The summed E-state index contributed by atoms with van der Waals surface area (Å²) in [4.78, 5) is 37.7. The molecule has 2 unspecified atom stereocenters. The molecule has 0 saturated carbocycles. The van der Waals surface area contributed by atoms with Crippen LogP contribution in [0.3, 0.4) is 0 Å². The minimum Gasteiger partial charge on any atom is -0.475 e. The standard InChI is InChI=1S/C24H29N5O5/c1-14(2)33-19-10-9-18(11-25-19)26-22-27-23(31)29(12-16(4)20-21(30)34-20)24(32)28(22)13-17-7-5-15(3)6-8-17/h5-11,14,16,20-21,30H,12-13H2,1-4H3,(H,26,27,31)/t16-,20?,21?/m0/s1. The van der Waals surface area contributed by atoms with Crippen molar-refractivity contribution in [2.75, 3.05) is 0 Å². The van der Waals surface area contributed by atoms with E-state index in [0.29, 0.717) is 11.6 Å². The monoisotopic (exact) mass is 467 g/mol. The Morgan fingerprint density at radius 2 is 1.85 bits per heavy atom. The highest BCUT2D eigenvalue weighted by molar-refractivity contribution is 5.35. The molecule has 10 nitrogen and oxygen atoms in total. The molecule has 2 aromatic heterocycles. The molecule has 1 aliphatic rings. The molecule has 180 valence electrons. The number of hydrogen-bond acceptors (Lipinski definition) is 7. The molecular formula is C24H29N5O5. The minimum atomic E-state index is -0.853. The number of H-pyrrole nitrogens is 1. The molecule has 10 heteroatoms. The Morgan fingerprint density at radius 1 is 1.15 bits per heavy atom. The first-order valence-electron chi connectivity index (χ1n) is 11.2. The zero-order valence-electron chi connectivity index (χ0n) is 19.6. The highest BCUT2D eigenvalue weighted by Gasteiger charge is 2.41. The Morgan fingerprint density at radius 3 is 2.44 bits per heavy atom. The van der Waals surface area contributed by atoms with Crippen LogP contribution in [0, 0.1) is 12.8 Å². The van der Waals surface area contributed by atoms with E-state index in [0.717, 1.165) is 15.7 Å². The van der Waals surface area contributed by atoms with Gasteiger partial charge in [0.1, 0.15) is 6.10 Å². The Labute approximate surface area is 196 Å². The van der Waals surface area contributed by atoms with Gasteiger partial charge in [-0.25, -0.2) is 24.1 Å². The number of aliphatic hydroxyl groups excluding tert-OH is 1. The van der Waals surface area contributed by atoms with Gasteiger partial charge in [0.2, 0.25) is 11.5 Å². The van der Waals surface area contributed by atoms with Crippen molar-refractivity contribution in [1.29, 1.82) is 0 Å². The molecule has 1 aliphatic heterocycles. The number of aliphatic hydroxyl groups is 1. The molecule has 0 bridgehead atoms. The van der Waals surface area contributed by atoms with E-state index in [4.69, 9.17) is 9.47 Å². The first-order chi connectivity index (χ1) is 16.2. The van der Waals surface area contributed by atoms with Gasteiger partial charge >= 0.3 is 11.4 Å². The molecule has 3 atom stereocenters. The summed E-state index contributed by atoms with van der Waals surface area (Å²) in [5.41, 5.74) is 1.47. The van der Waals surface area contributed by atoms with Crippen molar-refractivity contribution < 1.29 is 14.6 Å². The van der Waals surface area contributed by atoms with Gasteiger partial charge in [0, 0.05) is 18.5 Å². The van der Waals surface area contributed by atoms with Gasteiger partial charge in [-0.2, -0.15) is 0 Å². The molecule has 0 amide bonds. The second-order valence-electron chi connectivity index (χ2n) is 8.82. The van der Waals surface area contributed by atoms with Crippen LogP contribution in [0.15, 0.2) is 57.2 Å². The number of hydrogen-bond donors (Lipinski definition) is 2. The van der Waals surface area contributed by atoms with E-state index in [1.807, 2.05) is 52.0 Å². The Bertz CT molecular complexity index is 1320. The number of benzene rings is 1. The summed E-state index contributed by atoms with van der Waals surface area (Å²) in [7, 11) is 0. The van der Waals surface area contributed by atoms with Crippen LogP contribution in [0.25, 0.3) is 0 Å². The number of rotatable bonds is 8. The first-order valence-corrected chi connectivity index (χ1v) is 11.2. The molecule has 1 saturated heterocycles. The van der Waals surface area contributed by atoms with Gasteiger partial charge in [-0.3, -0.25) is 9.55 Å². The van der Waals surface area contributed by atoms with E-state index >= 15 is 0 Å². The quantitative estimate of drug-likeness (QED) is 0.483. The number of nitrogens with zero attached hydrogens (tertiary/aromatic N) is 4. The van der Waals surface area contributed by atoms with Crippen LogP contribution in [0.1, 0.15) is 31.9 Å². The number of ether oxygens (including phenoxy) is 2. The largest absolute Gasteiger partial charge is 0.475 e. The molecule has 1 aromatic carbocycles. The molecule has 4 rings (SSSR count). The highest BCUT2D eigenvalue weighted by atomic mass is 16.7. The molecule has 0 spiro atoms. The zero-order valence-corrected chi connectivity index (χ0v) is 19.6. The lowest BCUT2D eigenvalue weighted by Gasteiger charge is -2.14. The summed E-state index contributed by atoms with van der Waals surface area (Å²) >= 11 is 0. The van der Waals surface area contributed by atoms with Gasteiger partial charge in [0.15, 0.2) is 6.29 Å². The Balaban J connectivity index is 1.76. The minimum absolute atomic E-state index is 0.0135. The number of pyridine rings is 1. The second-order valence-corrected chi connectivity index (χ2v) is 8.82. The van der Waals surface area contributed by atoms with Crippen molar-refractivity contribution in [3.05, 3.63) is 80.3 Å². The second kappa shape index (κ2) is 9.78. The topological polar surface area (TPSA) is 127 Å². The molecule has 34 heavy (non-hydrogen) atoms. The van der Waals surface area contributed by atoms with Gasteiger partial charge in [-0.05, 0) is 32.4 Å².